The molecule has 0 bridgehead atoms. The average molecular weight is 551 g/mol. The van der Waals surface area contributed by atoms with E-state index in [9.17, 15) is 14.7 Å². The zero-order valence-corrected chi connectivity index (χ0v) is 23.2. The molecule has 2 aliphatic rings. The van der Waals surface area contributed by atoms with Gasteiger partial charge >= 0.3 is 0 Å². The smallest absolute Gasteiger partial charge is 0.251 e. The van der Waals surface area contributed by atoms with Gasteiger partial charge in [-0.2, -0.15) is 0 Å². The Morgan fingerprint density at radius 1 is 1.18 bits per heavy atom. The molecule has 3 N–H and O–H groups in total. The molecule has 1 fully saturated rings. The zero-order valence-electron chi connectivity index (χ0n) is 22.4. The number of hydrogen-bond donors (Lipinski definition) is 3. The van der Waals surface area contributed by atoms with Crippen molar-refractivity contribution in [1.29, 1.82) is 0 Å². The van der Waals surface area contributed by atoms with Crippen LogP contribution in [0.15, 0.2) is 47.8 Å². The second-order valence-electron chi connectivity index (χ2n) is 10.5. The van der Waals surface area contributed by atoms with Crippen molar-refractivity contribution in [1.82, 2.24) is 10.3 Å². The van der Waals surface area contributed by atoms with Gasteiger partial charge in [0.05, 0.1) is 37.7 Å². The van der Waals surface area contributed by atoms with Crippen LogP contribution in [0.3, 0.4) is 0 Å². The second-order valence-corrected chi connectivity index (χ2v) is 11.4. The third kappa shape index (κ3) is 6.08. The van der Waals surface area contributed by atoms with Gasteiger partial charge in [-0.1, -0.05) is 19.1 Å². The molecular weight excluding hydrogens is 516 g/mol. The predicted molar refractivity (Wildman–Crippen MR) is 152 cm³/mol. The fourth-order valence-electron chi connectivity index (χ4n) is 5.09. The van der Waals surface area contributed by atoms with Crippen LogP contribution >= 0.6 is 11.3 Å². The van der Waals surface area contributed by atoms with Crippen LogP contribution in [0, 0.1) is 0 Å². The number of aliphatic hydroxyl groups excluding tert-OH is 1. The van der Waals surface area contributed by atoms with Crippen LogP contribution in [0.1, 0.15) is 43.1 Å². The van der Waals surface area contributed by atoms with E-state index in [1.165, 1.54) is 11.3 Å². The molecule has 2 aliphatic heterocycles. The van der Waals surface area contributed by atoms with Crippen molar-refractivity contribution in [3.63, 3.8) is 0 Å². The van der Waals surface area contributed by atoms with Gasteiger partial charge in [-0.25, -0.2) is 4.98 Å². The standard InChI is InChI=1S/C29H34N4O5S/c1-18-14-33(15-19(2)38-18)22-6-4-5-20(11-22)24-16-39-28(31-24)32-26(35)13-30-27(36)21-7-8-25-23(12-21)29(3,17-34)9-10-37-25/h4-8,11-12,16,18-19,34H,9-10,13-15,17H2,1-3H3,(H,30,36)(H,31,32,35)/t18-,19+,29-/m0/s1. The molecular formula is C29H34N4O5S. The van der Waals surface area contributed by atoms with Gasteiger partial charge in [0.25, 0.3) is 5.91 Å². The Labute approximate surface area is 232 Å². The van der Waals surface area contributed by atoms with Crippen molar-refractivity contribution >= 4 is 34.0 Å². The number of rotatable bonds is 7. The first-order valence-corrected chi connectivity index (χ1v) is 14.0. The quantitative estimate of drug-likeness (QED) is 0.410. The maximum Gasteiger partial charge on any atom is 0.251 e. The lowest BCUT2D eigenvalue weighted by Gasteiger charge is -2.37. The molecule has 5 rings (SSSR count). The largest absolute Gasteiger partial charge is 0.493 e. The number of aromatic nitrogens is 1. The molecule has 10 heteroatoms. The number of nitrogens with one attached hydrogen (secondary N) is 2. The number of amides is 2. The lowest BCUT2D eigenvalue weighted by atomic mass is 9.78. The molecule has 2 aromatic carbocycles. The maximum absolute atomic E-state index is 12.8. The van der Waals surface area contributed by atoms with E-state index in [0.717, 1.165) is 35.6 Å². The van der Waals surface area contributed by atoms with Crippen LogP contribution in [-0.2, 0) is 14.9 Å². The van der Waals surface area contributed by atoms with Crippen LogP contribution < -0.4 is 20.3 Å². The monoisotopic (exact) mass is 550 g/mol. The van der Waals surface area contributed by atoms with E-state index in [4.69, 9.17) is 9.47 Å². The van der Waals surface area contributed by atoms with Gasteiger partial charge in [0.15, 0.2) is 5.13 Å². The minimum absolute atomic E-state index is 0.0391. The summed E-state index contributed by atoms with van der Waals surface area (Å²) in [4.78, 5) is 32.2. The molecule has 3 aromatic rings. The van der Waals surface area contributed by atoms with E-state index in [0.29, 0.717) is 29.5 Å². The number of hydrogen-bond acceptors (Lipinski definition) is 8. The fraction of sp³-hybridized carbons (Fsp3) is 0.414. The van der Waals surface area contributed by atoms with Gasteiger partial charge in [0.2, 0.25) is 5.91 Å². The Kier molecular flexibility index (Phi) is 7.88. The van der Waals surface area contributed by atoms with Crippen molar-refractivity contribution in [2.45, 2.75) is 44.8 Å². The number of benzene rings is 2. The van der Waals surface area contributed by atoms with E-state index in [2.05, 4.69) is 46.5 Å². The first kappa shape index (κ1) is 27.1. The normalized spacial score (nSPS) is 22.5. The molecule has 0 saturated carbocycles. The van der Waals surface area contributed by atoms with E-state index in [1.807, 2.05) is 24.4 Å². The maximum atomic E-state index is 12.8. The number of morpholine rings is 1. The lowest BCUT2D eigenvalue weighted by Crippen LogP contribution is -2.45. The summed E-state index contributed by atoms with van der Waals surface area (Å²) in [5, 5.41) is 17.7. The molecule has 2 amide bonds. The molecule has 0 unspecified atom stereocenters. The summed E-state index contributed by atoms with van der Waals surface area (Å²) < 4.78 is 11.5. The Morgan fingerprint density at radius 2 is 1.97 bits per heavy atom. The molecule has 9 nitrogen and oxygen atoms in total. The van der Waals surface area contributed by atoms with Crippen molar-refractivity contribution in [2.75, 3.05) is 43.1 Å². The highest BCUT2D eigenvalue weighted by Crippen LogP contribution is 2.39. The lowest BCUT2D eigenvalue weighted by molar-refractivity contribution is -0.115. The number of anilines is 2. The Morgan fingerprint density at radius 3 is 2.74 bits per heavy atom. The summed E-state index contributed by atoms with van der Waals surface area (Å²) >= 11 is 1.34. The highest BCUT2D eigenvalue weighted by atomic mass is 32.1. The van der Waals surface area contributed by atoms with Crippen molar-refractivity contribution in [3.8, 4) is 17.0 Å². The zero-order chi connectivity index (χ0) is 27.6. The third-order valence-corrected chi connectivity index (χ3v) is 8.00. The van der Waals surface area contributed by atoms with Crippen LogP contribution in [0.5, 0.6) is 5.75 Å². The summed E-state index contributed by atoms with van der Waals surface area (Å²) in [6, 6.07) is 13.3. The third-order valence-electron chi connectivity index (χ3n) is 7.24. The summed E-state index contributed by atoms with van der Waals surface area (Å²) in [7, 11) is 0. The van der Waals surface area contributed by atoms with E-state index in [-0.39, 0.29) is 37.2 Å². The second kappa shape index (κ2) is 11.3. The molecule has 1 aromatic heterocycles. The number of fused-ring (bicyclic) bond motifs is 1. The Bertz CT molecular complexity index is 1350. The number of thiazole rings is 1. The minimum atomic E-state index is -0.470. The fourth-order valence-corrected chi connectivity index (χ4v) is 5.83. The van der Waals surface area contributed by atoms with Crippen molar-refractivity contribution < 1.29 is 24.2 Å². The SMILES string of the molecule is C[C@@H]1CN(c2cccc(-c3csc(NC(=O)CNC(=O)c4ccc5c(c4)[C@](C)(CO)CCO5)n3)c2)C[C@H](C)O1. The van der Waals surface area contributed by atoms with Crippen molar-refractivity contribution in [3.05, 3.63) is 59.0 Å². The first-order chi connectivity index (χ1) is 18.7. The molecule has 39 heavy (non-hydrogen) atoms. The molecule has 1 saturated heterocycles. The van der Waals surface area contributed by atoms with Gasteiger partial charge in [-0.05, 0) is 50.6 Å². The number of nitrogens with zero attached hydrogens (tertiary/aromatic N) is 2. The summed E-state index contributed by atoms with van der Waals surface area (Å²) in [5.74, 6) is -0.0655. The molecule has 206 valence electrons. The summed E-state index contributed by atoms with van der Waals surface area (Å²) in [6.45, 7) is 8.06. The van der Waals surface area contributed by atoms with E-state index < -0.39 is 5.41 Å². The molecule has 0 spiro atoms. The van der Waals surface area contributed by atoms with Crippen LogP contribution in [0.25, 0.3) is 11.3 Å². The Hall–Kier alpha value is -3.47. The van der Waals surface area contributed by atoms with Crippen LogP contribution in [-0.4, -0.2) is 67.0 Å². The molecule has 3 atom stereocenters. The topological polar surface area (TPSA) is 113 Å². The molecule has 3 heterocycles. The first-order valence-electron chi connectivity index (χ1n) is 13.2. The number of ether oxygens (including phenoxy) is 2. The number of carbonyl (C=O) groups excluding carboxylic acids is 2. The highest BCUT2D eigenvalue weighted by molar-refractivity contribution is 7.14. The highest BCUT2D eigenvalue weighted by Gasteiger charge is 2.33. The minimum Gasteiger partial charge on any atom is -0.493 e. The molecule has 0 aliphatic carbocycles. The summed E-state index contributed by atoms with van der Waals surface area (Å²) in [6.07, 6.45) is 0.998. The van der Waals surface area contributed by atoms with Gasteiger partial charge in [0, 0.05) is 46.3 Å². The van der Waals surface area contributed by atoms with Gasteiger partial charge in [-0.3, -0.25) is 9.59 Å². The summed E-state index contributed by atoms with van der Waals surface area (Å²) in [5.41, 5.74) is 3.60. The predicted octanol–water partition coefficient (Wildman–Crippen LogP) is 3.82. The number of carbonyl (C=O) groups is 2. The van der Waals surface area contributed by atoms with Gasteiger partial charge in [-0.15, -0.1) is 11.3 Å². The van der Waals surface area contributed by atoms with Crippen LogP contribution in [0.2, 0.25) is 0 Å². The van der Waals surface area contributed by atoms with Crippen LogP contribution in [0.4, 0.5) is 10.8 Å². The average Bonchev–Trinajstić information content (AvgIpc) is 3.40. The van der Waals surface area contributed by atoms with Gasteiger partial charge in [0.1, 0.15) is 5.75 Å². The molecule has 0 radical (unpaired) electrons. The number of aliphatic hydroxyl groups is 1. The van der Waals surface area contributed by atoms with E-state index in [1.54, 1.807) is 18.2 Å². The van der Waals surface area contributed by atoms with E-state index >= 15 is 0 Å². The Balaban J connectivity index is 1.19. The van der Waals surface area contributed by atoms with Crippen molar-refractivity contribution in [2.24, 2.45) is 0 Å². The van der Waals surface area contributed by atoms with Gasteiger partial charge < -0.3 is 30.1 Å².